The molecule has 2 heterocycles. The summed E-state index contributed by atoms with van der Waals surface area (Å²) < 4.78 is 58.9. The molecule has 0 bridgehead atoms. The number of nitrogens with one attached hydrogen (secondary N) is 1. The fourth-order valence-electron chi connectivity index (χ4n) is 2.37. The number of benzene rings is 1. The van der Waals surface area contributed by atoms with Crippen molar-refractivity contribution in [1.29, 1.82) is 0 Å². The van der Waals surface area contributed by atoms with Crippen molar-refractivity contribution in [2.75, 3.05) is 11.9 Å². The summed E-state index contributed by atoms with van der Waals surface area (Å²) in [6, 6.07) is 5.73. The highest BCUT2D eigenvalue weighted by molar-refractivity contribution is 14.1. The van der Waals surface area contributed by atoms with Gasteiger partial charge in [0.05, 0.1) is 24.5 Å². The van der Waals surface area contributed by atoms with Crippen LogP contribution in [0.15, 0.2) is 36.7 Å². The molecule has 0 saturated carbocycles. The van der Waals surface area contributed by atoms with Crippen molar-refractivity contribution in [1.82, 2.24) is 9.38 Å². The lowest BCUT2D eigenvalue weighted by Crippen LogP contribution is -2.15. The maximum absolute atomic E-state index is 13.5. The van der Waals surface area contributed by atoms with E-state index in [2.05, 4.69) is 32.9 Å². The summed E-state index contributed by atoms with van der Waals surface area (Å²) in [5.74, 6) is 0.254. The van der Waals surface area contributed by atoms with Crippen LogP contribution in [0.5, 0.6) is 11.5 Å². The number of alkyl halides is 3. The van der Waals surface area contributed by atoms with E-state index in [1.54, 1.807) is 35.9 Å². The van der Waals surface area contributed by atoms with Crippen molar-refractivity contribution in [2.45, 2.75) is 19.5 Å². The van der Waals surface area contributed by atoms with Crippen LogP contribution in [0.25, 0.3) is 5.65 Å². The number of aryl methyl sites for hydroxylation is 1. The van der Waals surface area contributed by atoms with Crippen LogP contribution in [0, 0.1) is 16.4 Å². The molecule has 4 nitrogen and oxygen atoms in total. The number of imidazole rings is 1. The van der Waals surface area contributed by atoms with E-state index in [1.807, 2.05) is 0 Å². The number of rotatable bonds is 5. The van der Waals surface area contributed by atoms with E-state index in [0.717, 1.165) is 9.26 Å². The third-order valence-electron chi connectivity index (χ3n) is 3.64. The standard InChI is InChI=1S/C17H14F4IN3O/c1-10-2-3-11(18)6-14(10)26-12-7-13(23-5-4-17(19,20)21)16-24-8-15(22)25(16)9-12/h2-3,6-9,23H,4-5H2,1H3. The van der Waals surface area contributed by atoms with Crippen LogP contribution in [0.1, 0.15) is 12.0 Å². The molecule has 1 aromatic carbocycles. The van der Waals surface area contributed by atoms with Crippen molar-refractivity contribution in [3.63, 3.8) is 0 Å². The van der Waals surface area contributed by atoms with Crippen molar-refractivity contribution in [2.24, 2.45) is 0 Å². The topological polar surface area (TPSA) is 38.6 Å². The Morgan fingerprint density at radius 2 is 2.04 bits per heavy atom. The van der Waals surface area contributed by atoms with Crippen LogP contribution in [0.4, 0.5) is 23.2 Å². The number of hydrogen-bond donors (Lipinski definition) is 1. The number of aromatic nitrogens is 2. The molecule has 26 heavy (non-hydrogen) atoms. The van der Waals surface area contributed by atoms with Crippen molar-refractivity contribution >= 4 is 33.9 Å². The Bertz CT molecular complexity index is 940. The van der Waals surface area contributed by atoms with Gasteiger partial charge in [0.25, 0.3) is 0 Å². The van der Waals surface area contributed by atoms with Gasteiger partial charge in [-0.2, -0.15) is 13.2 Å². The summed E-state index contributed by atoms with van der Waals surface area (Å²) >= 11 is 2.06. The summed E-state index contributed by atoms with van der Waals surface area (Å²) in [7, 11) is 0. The van der Waals surface area contributed by atoms with E-state index in [1.165, 1.54) is 12.1 Å². The molecule has 0 atom stereocenters. The lowest BCUT2D eigenvalue weighted by molar-refractivity contribution is -0.131. The second kappa shape index (κ2) is 7.29. The minimum Gasteiger partial charge on any atom is -0.455 e. The monoisotopic (exact) mass is 479 g/mol. The zero-order chi connectivity index (χ0) is 18.9. The molecule has 0 radical (unpaired) electrons. The summed E-state index contributed by atoms with van der Waals surface area (Å²) in [5, 5.41) is 2.75. The minimum absolute atomic E-state index is 0.287. The lowest BCUT2D eigenvalue weighted by atomic mass is 10.2. The Morgan fingerprint density at radius 1 is 1.27 bits per heavy atom. The SMILES string of the molecule is Cc1ccc(F)cc1Oc1cc(NCCC(F)(F)F)c2ncc(I)n2c1. The molecule has 2 aromatic heterocycles. The maximum atomic E-state index is 13.5. The molecule has 0 saturated heterocycles. The highest BCUT2D eigenvalue weighted by Gasteiger charge is 2.26. The largest absolute Gasteiger partial charge is 0.455 e. The van der Waals surface area contributed by atoms with Crippen LogP contribution in [0.2, 0.25) is 0 Å². The van der Waals surface area contributed by atoms with Gasteiger partial charge in [0, 0.05) is 18.7 Å². The first-order chi connectivity index (χ1) is 12.2. The molecule has 0 aliphatic carbocycles. The lowest BCUT2D eigenvalue weighted by Gasteiger charge is -2.14. The average Bonchev–Trinajstić information content (AvgIpc) is 2.91. The summed E-state index contributed by atoms with van der Waals surface area (Å²) in [4.78, 5) is 4.21. The number of halogens is 5. The van der Waals surface area contributed by atoms with Crippen LogP contribution < -0.4 is 10.1 Å². The third-order valence-corrected chi connectivity index (χ3v) is 4.44. The molecule has 0 unspecified atom stereocenters. The van der Waals surface area contributed by atoms with E-state index in [0.29, 0.717) is 22.8 Å². The fraction of sp³-hybridized carbons (Fsp3) is 0.235. The number of hydrogen-bond acceptors (Lipinski definition) is 3. The zero-order valence-electron chi connectivity index (χ0n) is 13.6. The van der Waals surface area contributed by atoms with Crippen molar-refractivity contribution < 1.29 is 22.3 Å². The van der Waals surface area contributed by atoms with Gasteiger partial charge in [-0.25, -0.2) is 9.37 Å². The number of anilines is 1. The zero-order valence-corrected chi connectivity index (χ0v) is 15.7. The molecule has 9 heteroatoms. The van der Waals surface area contributed by atoms with Gasteiger partial charge in [-0.15, -0.1) is 0 Å². The first kappa shape index (κ1) is 18.7. The number of pyridine rings is 1. The Balaban J connectivity index is 1.93. The first-order valence-corrected chi connectivity index (χ1v) is 8.72. The van der Waals surface area contributed by atoms with Gasteiger partial charge >= 0.3 is 6.18 Å². The predicted molar refractivity (Wildman–Crippen MR) is 98.3 cm³/mol. The average molecular weight is 479 g/mol. The van der Waals surface area contributed by atoms with Gasteiger partial charge in [0.2, 0.25) is 0 Å². The first-order valence-electron chi connectivity index (χ1n) is 7.64. The van der Waals surface area contributed by atoms with E-state index < -0.39 is 18.4 Å². The number of nitrogens with zero attached hydrogens (tertiary/aromatic N) is 2. The molecule has 0 aliphatic heterocycles. The van der Waals surface area contributed by atoms with Gasteiger partial charge < -0.3 is 10.1 Å². The predicted octanol–water partition coefficient (Wildman–Crippen LogP) is 5.54. The molecule has 0 amide bonds. The van der Waals surface area contributed by atoms with Crippen LogP contribution in [-0.2, 0) is 0 Å². The molecular formula is C17H14F4IN3O. The van der Waals surface area contributed by atoms with E-state index >= 15 is 0 Å². The maximum Gasteiger partial charge on any atom is 0.390 e. The third kappa shape index (κ3) is 4.37. The number of ether oxygens (including phenoxy) is 1. The van der Waals surface area contributed by atoms with Crippen molar-refractivity contribution in [3.05, 3.63) is 51.7 Å². The van der Waals surface area contributed by atoms with Gasteiger partial charge in [-0.05, 0) is 41.1 Å². The van der Waals surface area contributed by atoms with Crippen molar-refractivity contribution in [3.8, 4) is 11.5 Å². The Morgan fingerprint density at radius 3 is 2.77 bits per heavy atom. The highest BCUT2D eigenvalue weighted by Crippen LogP contribution is 2.31. The molecule has 138 valence electrons. The molecule has 0 aliphatic rings. The minimum atomic E-state index is -4.25. The van der Waals surface area contributed by atoms with E-state index in [9.17, 15) is 17.6 Å². The second-order valence-electron chi connectivity index (χ2n) is 5.67. The molecule has 0 fully saturated rings. The van der Waals surface area contributed by atoms with Gasteiger partial charge in [-0.3, -0.25) is 4.40 Å². The summed E-state index contributed by atoms with van der Waals surface area (Å²) in [6.45, 7) is 1.49. The fourth-order valence-corrected chi connectivity index (χ4v) is 2.88. The van der Waals surface area contributed by atoms with Gasteiger partial charge in [0.15, 0.2) is 5.65 Å². The van der Waals surface area contributed by atoms with Crippen LogP contribution in [0.3, 0.4) is 0 Å². The number of fused-ring (bicyclic) bond motifs is 1. The quantitative estimate of drug-likeness (QED) is 0.386. The van der Waals surface area contributed by atoms with Gasteiger partial charge in [0.1, 0.15) is 21.0 Å². The molecule has 1 N–H and O–H groups in total. The highest BCUT2D eigenvalue weighted by atomic mass is 127. The summed E-state index contributed by atoms with van der Waals surface area (Å²) in [5.41, 5.74) is 1.63. The second-order valence-corrected chi connectivity index (χ2v) is 6.77. The van der Waals surface area contributed by atoms with Crippen LogP contribution >= 0.6 is 22.6 Å². The van der Waals surface area contributed by atoms with E-state index in [-0.39, 0.29) is 6.54 Å². The molecule has 0 spiro atoms. The Kier molecular flexibility index (Phi) is 5.26. The normalized spacial score (nSPS) is 11.8. The molecule has 3 aromatic rings. The van der Waals surface area contributed by atoms with E-state index in [4.69, 9.17) is 4.74 Å². The van der Waals surface area contributed by atoms with Crippen LogP contribution in [-0.4, -0.2) is 22.1 Å². The Labute approximate surface area is 160 Å². The van der Waals surface area contributed by atoms with Gasteiger partial charge in [-0.1, -0.05) is 6.07 Å². The molecular weight excluding hydrogens is 465 g/mol. The smallest absolute Gasteiger partial charge is 0.390 e. The Hall–Kier alpha value is -2.04. The molecule has 3 rings (SSSR count). The summed E-state index contributed by atoms with van der Waals surface area (Å²) in [6.07, 6.45) is -1.96.